The largest absolute Gasteiger partial charge is 0.354 e. The third-order valence-corrected chi connectivity index (χ3v) is 7.49. The summed E-state index contributed by atoms with van der Waals surface area (Å²) in [5.74, 6) is -1.34. The lowest BCUT2D eigenvalue weighted by Crippen LogP contribution is -2.49. The maximum atomic E-state index is 14.3. The molecule has 2 amide bonds. The molecule has 2 rings (SSSR count). The molecule has 198 valence electrons. The Bertz CT molecular complexity index is 1140. The van der Waals surface area contributed by atoms with E-state index in [2.05, 4.69) is 5.32 Å². The Kier molecular flexibility index (Phi) is 11.5. The minimum Gasteiger partial charge on any atom is -0.354 e. The van der Waals surface area contributed by atoms with E-state index in [-0.39, 0.29) is 43.4 Å². The van der Waals surface area contributed by atoms with Crippen LogP contribution in [0.3, 0.4) is 0 Å². The lowest BCUT2D eigenvalue weighted by Gasteiger charge is -2.31. The minimum atomic E-state index is -3.79. The highest BCUT2D eigenvalue weighted by Crippen LogP contribution is 2.28. The van der Waals surface area contributed by atoms with Crippen LogP contribution in [0.5, 0.6) is 0 Å². The molecule has 7 nitrogen and oxygen atoms in total. The van der Waals surface area contributed by atoms with Crippen LogP contribution in [0.4, 0.5) is 10.1 Å². The van der Waals surface area contributed by atoms with Gasteiger partial charge in [-0.15, -0.1) is 0 Å². The fraction of sp³-hybridized carbons (Fsp3) is 0.440. The molecular weight excluding hydrogens is 528 g/mol. The topological polar surface area (TPSA) is 86.8 Å². The molecule has 0 aliphatic rings. The normalized spacial score (nSPS) is 12.2. The molecule has 0 heterocycles. The van der Waals surface area contributed by atoms with Crippen molar-refractivity contribution >= 4 is 50.7 Å². The molecule has 2 aromatic carbocycles. The van der Waals surface area contributed by atoms with Crippen LogP contribution < -0.4 is 9.62 Å². The summed E-state index contributed by atoms with van der Waals surface area (Å²) in [4.78, 5) is 27.7. The van der Waals surface area contributed by atoms with Crippen molar-refractivity contribution in [1.29, 1.82) is 0 Å². The van der Waals surface area contributed by atoms with Gasteiger partial charge in [0.15, 0.2) is 0 Å². The number of para-hydroxylation sites is 1. The maximum absolute atomic E-state index is 14.3. The monoisotopic (exact) mass is 559 g/mol. The van der Waals surface area contributed by atoms with Crippen molar-refractivity contribution in [3.63, 3.8) is 0 Å². The van der Waals surface area contributed by atoms with E-state index >= 15 is 0 Å². The highest BCUT2D eigenvalue weighted by molar-refractivity contribution is 7.92. The van der Waals surface area contributed by atoms with Gasteiger partial charge < -0.3 is 10.2 Å². The van der Waals surface area contributed by atoms with Gasteiger partial charge in [0.05, 0.1) is 11.9 Å². The summed E-state index contributed by atoms with van der Waals surface area (Å²) in [7, 11) is -3.79. The van der Waals surface area contributed by atoms with Crippen molar-refractivity contribution in [1.82, 2.24) is 10.2 Å². The smallest absolute Gasteiger partial charge is 0.242 e. The van der Waals surface area contributed by atoms with Crippen molar-refractivity contribution in [2.45, 2.75) is 52.1 Å². The molecule has 0 aromatic heterocycles. The zero-order valence-corrected chi connectivity index (χ0v) is 23.0. The van der Waals surface area contributed by atoms with Gasteiger partial charge in [-0.2, -0.15) is 0 Å². The van der Waals surface area contributed by atoms with Crippen LogP contribution >= 0.6 is 23.2 Å². The average Bonchev–Trinajstić information content (AvgIpc) is 2.82. The van der Waals surface area contributed by atoms with Crippen molar-refractivity contribution in [2.75, 3.05) is 23.7 Å². The number of anilines is 1. The van der Waals surface area contributed by atoms with Gasteiger partial charge in [-0.1, -0.05) is 55.2 Å². The van der Waals surface area contributed by atoms with E-state index in [0.29, 0.717) is 28.6 Å². The van der Waals surface area contributed by atoms with E-state index in [1.165, 1.54) is 29.2 Å². The molecule has 1 atom stereocenters. The van der Waals surface area contributed by atoms with Gasteiger partial charge in [0.2, 0.25) is 21.8 Å². The highest BCUT2D eigenvalue weighted by Gasteiger charge is 2.30. The summed E-state index contributed by atoms with van der Waals surface area (Å²) in [6.45, 7) is 4.10. The molecule has 0 aliphatic heterocycles. The van der Waals surface area contributed by atoms with Crippen LogP contribution in [0, 0.1) is 5.82 Å². The summed E-state index contributed by atoms with van der Waals surface area (Å²) >= 11 is 12.7. The summed E-state index contributed by atoms with van der Waals surface area (Å²) < 4.78 is 39.9. The summed E-state index contributed by atoms with van der Waals surface area (Å²) in [6.07, 6.45) is 2.12. The third-order valence-electron chi connectivity index (χ3n) is 5.60. The van der Waals surface area contributed by atoms with Crippen LogP contribution in [-0.2, 0) is 26.2 Å². The molecule has 0 spiro atoms. The second kappa shape index (κ2) is 13.8. The van der Waals surface area contributed by atoms with Crippen molar-refractivity contribution in [3.8, 4) is 0 Å². The first-order valence-electron chi connectivity index (χ1n) is 11.7. The number of sulfonamides is 1. The van der Waals surface area contributed by atoms with E-state index in [0.717, 1.165) is 17.0 Å². The highest BCUT2D eigenvalue weighted by atomic mass is 35.5. The molecular formula is C25H32Cl2FN3O4S. The van der Waals surface area contributed by atoms with E-state index in [4.69, 9.17) is 23.2 Å². The predicted molar refractivity (Wildman–Crippen MR) is 142 cm³/mol. The van der Waals surface area contributed by atoms with Crippen LogP contribution in [0.1, 0.15) is 45.1 Å². The maximum Gasteiger partial charge on any atom is 0.242 e. The molecule has 0 saturated heterocycles. The number of rotatable bonds is 13. The molecule has 0 fully saturated rings. The number of amides is 2. The van der Waals surface area contributed by atoms with Crippen LogP contribution in [0.2, 0.25) is 10.0 Å². The zero-order valence-electron chi connectivity index (χ0n) is 20.6. The number of carbonyl (C=O) groups excluding carboxylic acids is 2. The molecule has 11 heteroatoms. The fourth-order valence-electron chi connectivity index (χ4n) is 3.78. The van der Waals surface area contributed by atoms with Crippen molar-refractivity contribution < 1.29 is 22.4 Å². The van der Waals surface area contributed by atoms with E-state index < -0.39 is 21.9 Å². The summed E-state index contributed by atoms with van der Waals surface area (Å²) in [6, 6.07) is 9.78. The number of hydrogen-bond donors (Lipinski definition) is 1. The first-order chi connectivity index (χ1) is 17.0. The predicted octanol–water partition coefficient (Wildman–Crippen LogP) is 5.01. The van der Waals surface area contributed by atoms with E-state index in [1.54, 1.807) is 25.1 Å². The van der Waals surface area contributed by atoms with Crippen LogP contribution in [-0.4, -0.2) is 50.5 Å². The lowest BCUT2D eigenvalue weighted by atomic mass is 10.1. The molecule has 0 unspecified atom stereocenters. The Morgan fingerprint density at radius 3 is 2.25 bits per heavy atom. The quantitative estimate of drug-likeness (QED) is 0.373. The SMILES string of the molecule is CCCNC(=O)[C@@H](CC)N(Cc1c(Cl)cccc1Cl)C(=O)CCCN(c1ccccc1F)S(C)(=O)=O. The van der Waals surface area contributed by atoms with Gasteiger partial charge in [-0.05, 0) is 43.5 Å². The molecule has 2 aromatic rings. The second-order valence-electron chi connectivity index (χ2n) is 8.33. The number of carbonyl (C=O) groups is 2. The number of halogens is 3. The summed E-state index contributed by atoms with van der Waals surface area (Å²) in [5, 5.41) is 3.56. The minimum absolute atomic E-state index is 0.0124. The second-order valence-corrected chi connectivity index (χ2v) is 11.0. The summed E-state index contributed by atoms with van der Waals surface area (Å²) in [5.41, 5.74) is 0.428. The third kappa shape index (κ3) is 8.08. The number of nitrogens with zero attached hydrogens (tertiary/aromatic N) is 2. The van der Waals surface area contributed by atoms with E-state index in [1.807, 2.05) is 6.92 Å². The van der Waals surface area contributed by atoms with Gasteiger partial charge in [-0.25, -0.2) is 12.8 Å². The van der Waals surface area contributed by atoms with Crippen molar-refractivity contribution in [3.05, 3.63) is 63.9 Å². The molecule has 0 saturated carbocycles. The standard InChI is InChI=1S/C25H32Cl2FN3O4S/c1-4-15-29-25(33)22(5-2)30(17-18-19(26)10-8-11-20(18)27)24(32)14-9-16-31(36(3,34)35)23-13-7-6-12-21(23)28/h6-8,10-13,22H,4-5,9,14-17H2,1-3H3,(H,29,33)/t22-/m1/s1. The molecule has 36 heavy (non-hydrogen) atoms. The Morgan fingerprint density at radius 1 is 1.06 bits per heavy atom. The van der Waals surface area contributed by atoms with Gasteiger partial charge in [0, 0.05) is 41.7 Å². The van der Waals surface area contributed by atoms with Crippen LogP contribution in [0.15, 0.2) is 42.5 Å². The lowest BCUT2D eigenvalue weighted by molar-refractivity contribution is -0.141. The number of nitrogens with one attached hydrogen (secondary N) is 1. The van der Waals surface area contributed by atoms with E-state index in [9.17, 15) is 22.4 Å². The van der Waals surface area contributed by atoms with Gasteiger partial charge in [0.25, 0.3) is 0 Å². The molecule has 0 aliphatic carbocycles. The first-order valence-corrected chi connectivity index (χ1v) is 14.3. The van der Waals surface area contributed by atoms with Gasteiger partial charge >= 0.3 is 0 Å². The first kappa shape index (κ1) is 29.9. The Hall–Kier alpha value is -2.36. The molecule has 0 bridgehead atoms. The Balaban J connectivity index is 2.27. The van der Waals surface area contributed by atoms with Gasteiger partial charge in [0.1, 0.15) is 11.9 Å². The number of hydrogen-bond acceptors (Lipinski definition) is 4. The van der Waals surface area contributed by atoms with Gasteiger partial charge in [-0.3, -0.25) is 13.9 Å². The average molecular weight is 561 g/mol. The zero-order chi connectivity index (χ0) is 26.9. The molecule has 0 radical (unpaired) electrons. The Labute approximate surface area is 222 Å². The molecule has 1 N–H and O–H groups in total. The fourth-order valence-corrected chi connectivity index (χ4v) is 5.26. The van der Waals surface area contributed by atoms with Crippen LogP contribution in [0.25, 0.3) is 0 Å². The Morgan fingerprint density at radius 2 is 1.69 bits per heavy atom. The van der Waals surface area contributed by atoms with Crippen molar-refractivity contribution in [2.24, 2.45) is 0 Å². The number of benzene rings is 2.